The highest BCUT2D eigenvalue weighted by Crippen LogP contribution is 2.40. The van der Waals surface area contributed by atoms with E-state index >= 15 is 0 Å². The molecule has 2 saturated heterocycles. The Morgan fingerprint density at radius 3 is 3.17 bits per heavy atom. The fourth-order valence-electron chi connectivity index (χ4n) is 4.02. The number of nitrogens with zero attached hydrogens (tertiary/aromatic N) is 2. The molecule has 2 aromatic heterocycles. The lowest BCUT2D eigenvalue weighted by atomic mass is 9.73. The molecule has 128 valence electrons. The second-order valence-corrected chi connectivity index (χ2v) is 6.91. The summed E-state index contributed by atoms with van der Waals surface area (Å²) in [5, 5.41) is 0. The van der Waals surface area contributed by atoms with Crippen LogP contribution in [-0.4, -0.2) is 42.3 Å². The molecule has 0 radical (unpaired) electrons. The van der Waals surface area contributed by atoms with E-state index in [4.69, 9.17) is 13.9 Å². The zero-order valence-corrected chi connectivity index (χ0v) is 13.9. The molecule has 2 atom stereocenters. The lowest BCUT2D eigenvalue weighted by Crippen LogP contribution is -2.57. The molecule has 2 aliphatic heterocycles. The number of piperidine rings is 1. The van der Waals surface area contributed by atoms with Crippen molar-refractivity contribution in [2.75, 3.05) is 26.3 Å². The summed E-state index contributed by atoms with van der Waals surface area (Å²) in [6.07, 6.45) is 8.94. The van der Waals surface area contributed by atoms with Gasteiger partial charge in [-0.15, -0.1) is 0 Å². The third kappa shape index (κ3) is 3.32. The summed E-state index contributed by atoms with van der Waals surface area (Å²) in [6, 6.07) is 7.83. The molecule has 2 fully saturated rings. The maximum atomic E-state index is 6.11. The number of aromatic nitrogens is 1. The number of pyridine rings is 1. The van der Waals surface area contributed by atoms with Gasteiger partial charge in [0.1, 0.15) is 0 Å². The minimum absolute atomic E-state index is 0.0533. The van der Waals surface area contributed by atoms with Gasteiger partial charge in [0.2, 0.25) is 5.88 Å². The maximum absolute atomic E-state index is 6.11. The van der Waals surface area contributed by atoms with Gasteiger partial charge < -0.3 is 13.9 Å². The van der Waals surface area contributed by atoms with Crippen molar-refractivity contribution in [3.8, 4) is 5.88 Å². The van der Waals surface area contributed by atoms with E-state index in [-0.39, 0.29) is 11.5 Å². The van der Waals surface area contributed by atoms with Crippen molar-refractivity contribution in [3.63, 3.8) is 0 Å². The monoisotopic (exact) mass is 328 g/mol. The molecule has 24 heavy (non-hydrogen) atoms. The Balaban J connectivity index is 1.47. The third-order valence-electron chi connectivity index (χ3n) is 5.20. The lowest BCUT2D eigenvalue weighted by Gasteiger charge is -2.50. The Morgan fingerprint density at radius 1 is 1.33 bits per heavy atom. The molecule has 0 amide bonds. The van der Waals surface area contributed by atoms with E-state index < -0.39 is 0 Å². The van der Waals surface area contributed by atoms with Crippen molar-refractivity contribution in [1.82, 2.24) is 9.88 Å². The largest absolute Gasteiger partial charge is 0.477 e. The van der Waals surface area contributed by atoms with Crippen molar-refractivity contribution in [3.05, 3.63) is 48.6 Å². The van der Waals surface area contributed by atoms with Gasteiger partial charge in [0, 0.05) is 49.5 Å². The number of likely N-dealkylation sites (tertiary alicyclic amines) is 1. The Kier molecular flexibility index (Phi) is 4.54. The van der Waals surface area contributed by atoms with Crippen LogP contribution in [0.2, 0.25) is 0 Å². The van der Waals surface area contributed by atoms with Crippen molar-refractivity contribution < 1.29 is 13.9 Å². The van der Waals surface area contributed by atoms with Crippen LogP contribution in [0.5, 0.6) is 5.88 Å². The van der Waals surface area contributed by atoms with E-state index in [1.165, 1.54) is 5.56 Å². The molecule has 0 spiro atoms. The van der Waals surface area contributed by atoms with Crippen molar-refractivity contribution in [2.45, 2.75) is 31.9 Å². The van der Waals surface area contributed by atoms with E-state index in [1.807, 2.05) is 30.5 Å². The zero-order valence-electron chi connectivity index (χ0n) is 13.9. The van der Waals surface area contributed by atoms with E-state index in [0.717, 1.165) is 45.5 Å². The standard InChI is InChI=1S/C19H24N2O3/c1-2-8-20-18(4-1)24-15-19-7-3-10-23-17(19)5-9-21(14-19)12-16-6-11-22-13-16/h1-2,4,6,8,11,13,17H,3,5,7,9-10,12,14-15H2/t17-,19+/m1/s1. The molecule has 0 unspecified atom stereocenters. The Hall–Kier alpha value is -1.85. The van der Waals surface area contributed by atoms with Gasteiger partial charge in [-0.25, -0.2) is 4.98 Å². The maximum Gasteiger partial charge on any atom is 0.213 e. The molecule has 5 heteroatoms. The van der Waals surface area contributed by atoms with Gasteiger partial charge in [-0.1, -0.05) is 6.07 Å². The molecule has 5 nitrogen and oxygen atoms in total. The average Bonchev–Trinajstić information content (AvgIpc) is 3.14. The van der Waals surface area contributed by atoms with Crippen LogP contribution in [0.3, 0.4) is 0 Å². The average molecular weight is 328 g/mol. The summed E-state index contributed by atoms with van der Waals surface area (Å²) in [5.74, 6) is 0.697. The summed E-state index contributed by atoms with van der Waals surface area (Å²) >= 11 is 0. The van der Waals surface area contributed by atoms with Crippen LogP contribution < -0.4 is 4.74 Å². The number of rotatable bonds is 5. The molecular weight excluding hydrogens is 304 g/mol. The fraction of sp³-hybridized carbons (Fsp3) is 0.526. The van der Waals surface area contributed by atoms with Crippen LogP contribution in [0, 0.1) is 5.41 Å². The van der Waals surface area contributed by atoms with Crippen molar-refractivity contribution in [1.29, 1.82) is 0 Å². The number of ether oxygens (including phenoxy) is 2. The highest BCUT2D eigenvalue weighted by atomic mass is 16.5. The van der Waals surface area contributed by atoms with Gasteiger partial charge in [0.05, 0.1) is 25.2 Å². The topological polar surface area (TPSA) is 47.7 Å². The first-order chi connectivity index (χ1) is 11.8. The van der Waals surface area contributed by atoms with Crippen molar-refractivity contribution in [2.24, 2.45) is 5.41 Å². The number of hydrogen-bond acceptors (Lipinski definition) is 5. The van der Waals surface area contributed by atoms with Gasteiger partial charge >= 0.3 is 0 Å². The highest BCUT2D eigenvalue weighted by Gasteiger charge is 2.46. The number of hydrogen-bond donors (Lipinski definition) is 0. The van der Waals surface area contributed by atoms with Crippen LogP contribution in [0.4, 0.5) is 0 Å². The Labute approximate surface area is 142 Å². The minimum atomic E-state index is 0.0533. The Bertz CT molecular complexity index is 631. The molecule has 0 N–H and O–H groups in total. The van der Waals surface area contributed by atoms with E-state index in [0.29, 0.717) is 12.5 Å². The van der Waals surface area contributed by atoms with E-state index in [1.54, 1.807) is 12.5 Å². The van der Waals surface area contributed by atoms with E-state index in [9.17, 15) is 0 Å². The summed E-state index contributed by atoms with van der Waals surface area (Å²) in [4.78, 5) is 6.79. The Morgan fingerprint density at radius 2 is 2.33 bits per heavy atom. The van der Waals surface area contributed by atoms with Crippen LogP contribution in [0.25, 0.3) is 0 Å². The molecule has 0 saturated carbocycles. The van der Waals surface area contributed by atoms with Gasteiger partial charge in [0.15, 0.2) is 0 Å². The summed E-state index contributed by atoms with van der Waals surface area (Å²) in [5.41, 5.74) is 1.28. The second-order valence-electron chi connectivity index (χ2n) is 6.91. The minimum Gasteiger partial charge on any atom is -0.477 e. The van der Waals surface area contributed by atoms with Gasteiger partial charge in [0.25, 0.3) is 0 Å². The molecular formula is C19H24N2O3. The first-order valence-electron chi connectivity index (χ1n) is 8.73. The van der Waals surface area contributed by atoms with Crippen molar-refractivity contribution >= 4 is 0 Å². The van der Waals surface area contributed by atoms with Crippen LogP contribution >= 0.6 is 0 Å². The highest BCUT2D eigenvalue weighted by molar-refractivity contribution is 5.11. The summed E-state index contributed by atoms with van der Waals surface area (Å²) in [7, 11) is 0. The predicted molar refractivity (Wildman–Crippen MR) is 89.7 cm³/mol. The molecule has 0 aliphatic carbocycles. The summed E-state index contributed by atoms with van der Waals surface area (Å²) in [6.45, 7) is 4.51. The van der Waals surface area contributed by atoms with E-state index in [2.05, 4.69) is 9.88 Å². The summed E-state index contributed by atoms with van der Waals surface area (Å²) < 4.78 is 17.4. The van der Waals surface area contributed by atoms with Gasteiger partial charge in [-0.3, -0.25) is 4.90 Å². The van der Waals surface area contributed by atoms with Crippen LogP contribution in [-0.2, 0) is 11.3 Å². The number of furan rings is 1. The third-order valence-corrected chi connectivity index (χ3v) is 5.20. The van der Waals surface area contributed by atoms with Crippen LogP contribution in [0.1, 0.15) is 24.8 Å². The molecule has 4 heterocycles. The molecule has 0 bridgehead atoms. The molecule has 0 aromatic carbocycles. The predicted octanol–water partition coefficient (Wildman–Crippen LogP) is 3.12. The molecule has 4 rings (SSSR count). The van der Waals surface area contributed by atoms with Gasteiger partial charge in [-0.05, 0) is 31.4 Å². The van der Waals surface area contributed by atoms with Crippen LogP contribution in [0.15, 0.2) is 47.4 Å². The zero-order chi connectivity index (χ0) is 16.2. The fourth-order valence-corrected chi connectivity index (χ4v) is 4.02. The van der Waals surface area contributed by atoms with Gasteiger partial charge in [-0.2, -0.15) is 0 Å². The quantitative estimate of drug-likeness (QED) is 0.844. The number of fused-ring (bicyclic) bond motifs is 1. The second kappa shape index (κ2) is 6.95. The first kappa shape index (κ1) is 15.7. The normalized spacial score (nSPS) is 27.6. The lowest BCUT2D eigenvalue weighted by molar-refractivity contribution is -0.141. The SMILES string of the molecule is c1ccc(OC[C@@]23CCCO[C@@H]2CCN(Cc2ccoc2)C3)nc1. The first-order valence-corrected chi connectivity index (χ1v) is 8.73. The molecule has 2 aromatic rings. The smallest absolute Gasteiger partial charge is 0.213 e. The molecule has 2 aliphatic rings.